The SMILES string of the molecule is Cc1cccc(C(=O)N[C@H](C(=O)O[C@H](C)C(=O)c2ccc3c(c2)NC(=O)CO3)C(C)C)c1. The van der Waals surface area contributed by atoms with E-state index in [2.05, 4.69) is 10.6 Å². The molecule has 2 N–H and O–H groups in total. The Labute approximate surface area is 186 Å². The van der Waals surface area contributed by atoms with Crippen LogP contribution in [0.25, 0.3) is 0 Å². The van der Waals surface area contributed by atoms with Crippen LogP contribution in [0.4, 0.5) is 5.69 Å². The van der Waals surface area contributed by atoms with Crippen molar-refractivity contribution in [2.24, 2.45) is 5.92 Å². The zero-order chi connectivity index (χ0) is 23.4. The molecule has 0 spiro atoms. The highest BCUT2D eigenvalue weighted by molar-refractivity contribution is 6.03. The summed E-state index contributed by atoms with van der Waals surface area (Å²) in [6, 6.07) is 10.7. The summed E-state index contributed by atoms with van der Waals surface area (Å²) < 4.78 is 10.7. The predicted molar refractivity (Wildman–Crippen MR) is 118 cm³/mol. The normalized spacial score (nSPS) is 14.5. The number of anilines is 1. The lowest BCUT2D eigenvalue weighted by molar-refractivity contribution is -0.149. The zero-order valence-electron chi connectivity index (χ0n) is 18.4. The largest absolute Gasteiger partial charge is 0.482 e. The Morgan fingerprint density at radius 2 is 1.81 bits per heavy atom. The first-order valence-electron chi connectivity index (χ1n) is 10.3. The molecule has 8 heteroatoms. The van der Waals surface area contributed by atoms with Crippen molar-refractivity contribution in [2.45, 2.75) is 39.8 Å². The summed E-state index contributed by atoms with van der Waals surface area (Å²) in [5.74, 6) is -1.64. The van der Waals surface area contributed by atoms with Crippen LogP contribution < -0.4 is 15.4 Å². The molecule has 0 aliphatic carbocycles. The van der Waals surface area contributed by atoms with Crippen LogP contribution in [-0.2, 0) is 14.3 Å². The van der Waals surface area contributed by atoms with Crippen molar-refractivity contribution >= 4 is 29.3 Å². The van der Waals surface area contributed by atoms with E-state index in [9.17, 15) is 19.2 Å². The summed E-state index contributed by atoms with van der Waals surface area (Å²) in [6.07, 6.45) is -1.09. The molecule has 0 radical (unpaired) electrons. The maximum Gasteiger partial charge on any atom is 0.329 e. The predicted octanol–water partition coefficient (Wildman–Crippen LogP) is 2.89. The van der Waals surface area contributed by atoms with Gasteiger partial charge in [0.05, 0.1) is 5.69 Å². The molecule has 3 rings (SSSR count). The van der Waals surface area contributed by atoms with Crippen LogP contribution in [0.2, 0.25) is 0 Å². The molecule has 1 heterocycles. The lowest BCUT2D eigenvalue weighted by atomic mass is 10.0. The van der Waals surface area contributed by atoms with Crippen LogP contribution in [0.15, 0.2) is 42.5 Å². The van der Waals surface area contributed by atoms with Crippen molar-refractivity contribution < 1.29 is 28.7 Å². The highest BCUT2D eigenvalue weighted by Crippen LogP contribution is 2.29. The number of nitrogens with one attached hydrogen (secondary N) is 2. The number of aryl methyl sites for hydroxylation is 1. The van der Waals surface area contributed by atoms with Crippen LogP contribution in [0, 0.1) is 12.8 Å². The fourth-order valence-corrected chi connectivity index (χ4v) is 3.28. The minimum Gasteiger partial charge on any atom is -0.482 e. The molecule has 1 aliphatic rings. The summed E-state index contributed by atoms with van der Waals surface area (Å²) in [5.41, 5.74) is 2.01. The maximum absolute atomic E-state index is 12.8. The molecular formula is C24H26N2O6. The molecule has 2 atom stereocenters. The number of hydrogen-bond donors (Lipinski definition) is 2. The lowest BCUT2D eigenvalue weighted by Gasteiger charge is -2.23. The van der Waals surface area contributed by atoms with Gasteiger partial charge in [-0.25, -0.2) is 4.79 Å². The topological polar surface area (TPSA) is 111 Å². The van der Waals surface area contributed by atoms with Crippen LogP contribution in [0.5, 0.6) is 5.75 Å². The Balaban J connectivity index is 1.68. The molecule has 168 valence electrons. The third kappa shape index (κ3) is 5.32. The van der Waals surface area contributed by atoms with Gasteiger partial charge in [0, 0.05) is 11.1 Å². The summed E-state index contributed by atoms with van der Waals surface area (Å²) in [4.78, 5) is 49.7. The van der Waals surface area contributed by atoms with Gasteiger partial charge in [0.2, 0.25) is 5.78 Å². The molecule has 0 fully saturated rings. The first-order valence-corrected chi connectivity index (χ1v) is 10.3. The van der Waals surface area contributed by atoms with Crippen molar-refractivity contribution in [1.29, 1.82) is 0 Å². The first kappa shape index (κ1) is 23.0. The fraction of sp³-hybridized carbons (Fsp3) is 0.333. The molecule has 1 aliphatic heterocycles. The molecule has 0 saturated carbocycles. The fourth-order valence-electron chi connectivity index (χ4n) is 3.28. The van der Waals surface area contributed by atoms with Gasteiger partial charge in [0.25, 0.3) is 11.8 Å². The Hall–Kier alpha value is -3.68. The number of esters is 1. The van der Waals surface area contributed by atoms with Crippen LogP contribution in [-0.4, -0.2) is 42.3 Å². The molecule has 2 amide bonds. The lowest BCUT2D eigenvalue weighted by Crippen LogP contribution is -2.46. The average Bonchev–Trinajstić information content (AvgIpc) is 2.75. The van der Waals surface area contributed by atoms with Crippen LogP contribution >= 0.6 is 0 Å². The van der Waals surface area contributed by atoms with Gasteiger partial charge in [-0.2, -0.15) is 0 Å². The molecule has 0 aromatic heterocycles. The average molecular weight is 438 g/mol. The highest BCUT2D eigenvalue weighted by atomic mass is 16.5. The molecule has 0 saturated heterocycles. The summed E-state index contributed by atoms with van der Waals surface area (Å²) >= 11 is 0. The highest BCUT2D eigenvalue weighted by Gasteiger charge is 2.30. The van der Waals surface area contributed by atoms with E-state index in [-0.39, 0.29) is 24.0 Å². The molecule has 0 bridgehead atoms. The summed E-state index contributed by atoms with van der Waals surface area (Å²) in [7, 11) is 0. The van der Waals surface area contributed by atoms with Crippen LogP contribution in [0.1, 0.15) is 47.1 Å². The van der Waals surface area contributed by atoms with Gasteiger partial charge >= 0.3 is 5.97 Å². The zero-order valence-corrected chi connectivity index (χ0v) is 18.4. The monoisotopic (exact) mass is 438 g/mol. The second-order valence-electron chi connectivity index (χ2n) is 8.06. The maximum atomic E-state index is 12.8. The standard InChI is InChI=1S/C24H26N2O6/c1-13(2)21(26-23(29)17-7-5-6-14(3)10-17)24(30)32-15(4)22(28)16-8-9-19-18(11-16)25-20(27)12-31-19/h5-11,13,15,21H,12H2,1-4H3,(H,25,27)(H,26,29)/t15-,21+/m1/s1. The van der Waals surface area contributed by atoms with Crippen molar-refractivity contribution in [1.82, 2.24) is 5.32 Å². The van der Waals surface area contributed by atoms with Gasteiger partial charge in [-0.15, -0.1) is 0 Å². The number of rotatable bonds is 7. The number of Topliss-reactive ketones (excluding diaryl/α,β-unsaturated/α-hetero) is 1. The van der Waals surface area contributed by atoms with E-state index in [0.717, 1.165) is 5.56 Å². The third-order valence-corrected chi connectivity index (χ3v) is 5.05. The van der Waals surface area contributed by atoms with E-state index >= 15 is 0 Å². The van der Waals surface area contributed by atoms with E-state index in [1.165, 1.54) is 13.0 Å². The van der Waals surface area contributed by atoms with E-state index in [1.54, 1.807) is 44.2 Å². The number of benzene rings is 2. The van der Waals surface area contributed by atoms with Gasteiger partial charge < -0.3 is 20.1 Å². The minimum atomic E-state index is -1.09. The van der Waals surface area contributed by atoms with Gasteiger partial charge in [0.15, 0.2) is 12.7 Å². The van der Waals surface area contributed by atoms with E-state index in [0.29, 0.717) is 17.0 Å². The number of carbonyl (C=O) groups is 4. The number of carbonyl (C=O) groups excluding carboxylic acids is 4. The van der Waals surface area contributed by atoms with E-state index in [1.807, 2.05) is 13.0 Å². The second kappa shape index (κ2) is 9.64. The van der Waals surface area contributed by atoms with Crippen molar-refractivity contribution in [3.8, 4) is 5.75 Å². The number of ketones is 1. The quantitative estimate of drug-likeness (QED) is 0.508. The van der Waals surface area contributed by atoms with Gasteiger partial charge in [-0.1, -0.05) is 31.5 Å². The summed E-state index contributed by atoms with van der Waals surface area (Å²) in [6.45, 7) is 6.81. The van der Waals surface area contributed by atoms with Crippen molar-refractivity contribution in [3.05, 3.63) is 59.2 Å². The smallest absolute Gasteiger partial charge is 0.329 e. The molecule has 8 nitrogen and oxygen atoms in total. The Morgan fingerprint density at radius 3 is 2.50 bits per heavy atom. The van der Waals surface area contributed by atoms with Crippen molar-refractivity contribution in [2.75, 3.05) is 11.9 Å². The second-order valence-corrected chi connectivity index (χ2v) is 8.06. The van der Waals surface area contributed by atoms with E-state index in [4.69, 9.17) is 9.47 Å². The Morgan fingerprint density at radius 1 is 1.06 bits per heavy atom. The van der Waals surface area contributed by atoms with Crippen LogP contribution in [0.3, 0.4) is 0 Å². The first-order chi connectivity index (χ1) is 15.2. The van der Waals surface area contributed by atoms with Crippen molar-refractivity contribution in [3.63, 3.8) is 0 Å². The number of hydrogen-bond acceptors (Lipinski definition) is 6. The molecule has 0 unspecified atom stereocenters. The number of fused-ring (bicyclic) bond motifs is 1. The molecule has 2 aromatic rings. The Kier molecular flexibility index (Phi) is 6.92. The Bertz CT molecular complexity index is 1060. The van der Waals surface area contributed by atoms with Gasteiger partial charge in [-0.05, 0) is 50.1 Å². The minimum absolute atomic E-state index is 0.0842. The van der Waals surface area contributed by atoms with E-state index < -0.39 is 29.8 Å². The number of ether oxygens (including phenoxy) is 2. The molecule has 2 aromatic carbocycles. The molecule has 32 heavy (non-hydrogen) atoms. The third-order valence-electron chi connectivity index (χ3n) is 5.05. The molecular weight excluding hydrogens is 412 g/mol. The number of amides is 2. The summed E-state index contributed by atoms with van der Waals surface area (Å²) in [5, 5.41) is 5.34. The van der Waals surface area contributed by atoms with Gasteiger partial charge in [0.1, 0.15) is 11.8 Å². The van der Waals surface area contributed by atoms with Gasteiger partial charge in [-0.3, -0.25) is 14.4 Å².